The number of fused-ring (bicyclic) bond motifs is 1. The van der Waals surface area contributed by atoms with Gasteiger partial charge in [0.25, 0.3) is 0 Å². The van der Waals surface area contributed by atoms with Crippen molar-refractivity contribution in [1.82, 2.24) is 0 Å². The fraction of sp³-hybridized carbons (Fsp3) is 0.214. The van der Waals surface area contributed by atoms with Gasteiger partial charge in [-0.05, 0) is 13.3 Å². The Kier molecular flexibility index (Phi) is 3.10. The number of hydrogen-bond acceptors (Lipinski definition) is 4. The van der Waals surface area contributed by atoms with E-state index in [2.05, 4.69) is 6.58 Å². The smallest absolute Gasteiger partial charge is 0.196 e. The first-order valence-corrected chi connectivity index (χ1v) is 5.52. The van der Waals surface area contributed by atoms with Crippen molar-refractivity contribution in [3.05, 3.63) is 46.3 Å². The van der Waals surface area contributed by atoms with Crippen molar-refractivity contribution in [2.45, 2.75) is 13.3 Å². The molecular formula is C14H14O4. The van der Waals surface area contributed by atoms with Crippen LogP contribution in [-0.2, 0) is 6.42 Å². The molecule has 18 heavy (non-hydrogen) atoms. The maximum Gasteiger partial charge on any atom is 0.196 e. The van der Waals surface area contributed by atoms with Crippen molar-refractivity contribution in [2.75, 3.05) is 7.11 Å². The largest absolute Gasteiger partial charge is 0.507 e. The molecule has 94 valence electrons. The summed E-state index contributed by atoms with van der Waals surface area (Å²) in [5.41, 5.74) is 0.595. The first-order valence-electron chi connectivity index (χ1n) is 5.52. The Morgan fingerprint density at radius 2 is 2.22 bits per heavy atom. The Morgan fingerprint density at radius 3 is 2.83 bits per heavy atom. The van der Waals surface area contributed by atoms with E-state index in [0.29, 0.717) is 29.1 Å². The number of ether oxygens (including phenoxy) is 1. The van der Waals surface area contributed by atoms with Crippen molar-refractivity contribution >= 4 is 11.0 Å². The van der Waals surface area contributed by atoms with Gasteiger partial charge in [-0.3, -0.25) is 4.79 Å². The summed E-state index contributed by atoms with van der Waals surface area (Å²) in [6, 6.07) is 2.97. The zero-order valence-electron chi connectivity index (χ0n) is 10.3. The monoisotopic (exact) mass is 246 g/mol. The van der Waals surface area contributed by atoms with Crippen LogP contribution in [0.2, 0.25) is 0 Å². The minimum atomic E-state index is -0.265. The van der Waals surface area contributed by atoms with Gasteiger partial charge < -0.3 is 14.3 Å². The molecule has 0 fully saturated rings. The summed E-state index contributed by atoms with van der Waals surface area (Å²) in [5, 5.41) is 10.4. The average molecular weight is 246 g/mol. The molecule has 1 aromatic carbocycles. The van der Waals surface area contributed by atoms with Crippen LogP contribution in [0.4, 0.5) is 0 Å². The molecule has 0 radical (unpaired) electrons. The number of phenolic OH excluding ortho intramolecular Hbond substituents is 1. The summed E-state index contributed by atoms with van der Waals surface area (Å²) in [6.07, 6.45) is 2.05. The average Bonchev–Trinajstić information content (AvgIpc) is 2.31. The minimum absolute atomic E-state index is 0.0991. The van der Waals surface area contributed by atoms with Crippen molar-refractivity contribution in [2.24, 2.45) is 0 Å². The Balaban J connectivity index is 2.91. The van der Waals surface area contributed by atoms with Crippen LogP contribution < -0.4 is 10.2 Å². The normalized spacial score (nSPS) is 10.6. The number of phenols is 1. The molecule has 0 spiro atoms. The number of aromatic hydroxyl groups is 1. The van der Waals surface area contributed by atoms with Crippen molar-refractivity contribution < 1.29 is 14.3 Å². The summed E-state index contributed by atoms with van der Waals surface area (Å²) >= 11 is 0. The van der Waals surface area contributed by atoms with E-state index in [0.717, 1.165) is 0 Å². The molecule has 0 aliphatic heterocycles. The van der Waals surface area contributed by atoms with Crippen LogP contribution in [0.3, 0.4) is 0 Å². The molecular weight excluding hydrogens is 232 g/mol. The molecule has 0 aliphatic rings. The van der Waals surface area contributed by atoms with Gasteiger partial charge in [0.15, 0.2) is 5.43 Å². The maximum atomic E-state index is 11.9. The van der Waals surface area contributed by atoms with Crippen LogP contribution >= 0.6 is 0 Å². The quantitative estimate of drug-likeness (QED) is 0.845. The predicted octanol–water partition coefficient (Wildman–Crippen LogP) is 2.54. The van der Waals surface area contributed by atoms with E-state index in [1.807, 2.05) is 0 Å². The van der Waals surface area contributed by atoms with E-state index in [4.69, 9.17) is 9.15 Å². The van der Waals surface area contributed by atoms with Crippen molar-refractivity contribution in [1.29, 1.82) is 0 Å². The van der Waals surface area contributed by atoms with Crippen molar-refractivity contribution in [3.63, 3.8) is 0 Å². The summed E-state index contributed by atoms with van der Waals surface area (Å²) in [5.74, 6) is 0.872. The van der Waals surface area contributed by atoms with Gasteiger partial charge >= 0.3 is 0 Å². The van der Waals surface area contributed by atoms with E-state index >= 15 is 0 Å². The first-order chi connectivity index (χ1) is 8.58. The Bertz CT molecular complexity index is 668. The van der Waals surface area contributed by atoms with E-state index in [-0.39, 0.29) is 16.6 Å². The van der Waals surface area contributed by atoms with Gasteiger partial charge in [-0.2, -0.15) is 0 Å². The van der Waals surface area contributed by atoms with Gasteiger partial charge in [0.1, 0.15) is 28.2 Å². The predicted molar refractivity (Wildman–Crippen MR) is 69.3 cm³/mol. The van der Waals surface area contributed by atoms with E-state index in [1.165, 1.54) is 13.2 Å². The molecule has 2 rings (SSSR count). The number of hydrogen-bond donors (Lipinski definition) is 1. The molecule has 0 saturated carbocycles. The Labute approximate surface area is 104 Å². The molecule has 1 aromatic heterocycles. The summed E-state index contributed by atoms with van der Waals surface area (Å²) in [6.45, 7) is 5.30. The van der Waals surface area contributed by atoms with Gasteiger partial charge in [-0.15, -0.1) is 6.58 Å². The maximum absolute atomic E-state index is 11.9. The minimum Gasteiger partial charge on any atom is -0.507 e. The Morgan fingerprint density at radius 1 is 1.50 bits per heavy atom. The summed E-state index contributed by atoms with van der Waals surface area (Å²) < 4.78 is 10.6. The highest BCUT2D eigenvalue weighted by Gasteiger charge is 2.16. The molecule has 4 heteroatoms. The van der Waals surface area contributed by atoms with Gasteiger partial charge in [-0.25, -0.2) is 0 Å². The van der Waals surface area contributed by atoms with Crippen LogP contribution in [0.25, 0.3) is 11.0 Å². The number of rotatable bonds is 3. The van der Waals surface area contributed by atoms with Crippen LogP contribution in [-0.4, -0.2) is 12.2 Å². The number of aryl methyl sites for hydroxylation is 1. The SMILES string of the molecule is C=CCc1c(OC)cc2oc(C)cc(=O)c2c1O. The van der Waals surface area contributed by atoms with Gasteiger partial charge in [-0.1, -0.05) is 6.08 Å². The molecule has 0 bridgehead atoms. The van der Waals surface area contributed by atoms with Crippen LogP contribution in [0.15, 0.2) is 34.0 Å². The number of benzene rings is 1. The third-order valence-corrected chi connectivity index (χ3v) is 2.75. The molecule has 1 N–H and O–H groups in total. The highest BCUT2D eigenvalue weighted by atomic mass is 16.5. The summed E-state index contributed by atoms with van der Waals surface area (Å²) in [7, 11) is 1.50. The molecule has 2 aromatic rings. The molecule has 0 saturated heterocycles. The molecule has 0 aliphatic carbocycles. The highest BCUT2D eigenvalue weighted by Crippen LogP contribution is 2.35. The third kappa shape index (κ3) is 1.86. The lowest BCUT2D eigenvalue weighted by Gasteiger charge is -2.11. The second-order valence-corrected chi connectivity index (χ2v) is 3.99. The van der Waals surface area contributed by atoms with Gasteiger partial charge in [0.2, 0.25) is 0 Å². The molecule has 4 nitrogen and oxygen atoms in total. The topological polar surface area (TPSA) is 59.7 Å². The lowest BCUT2D eigenvalue weighted by Crippen LogP contribution is -2.03. The second kappa shape index (κ2) is 4.56. The standard InChI is InChI=1S/C14H14O4/c1-4-5-9-11(17-3)7-12-13(14(9)16)10(15)6-8(2)18-12/h4,6-7,16H,1,5H2,2-3H3. The number of methoxy groups -OCH3 is 1. The lowest BCUT2D eigenvalue weighted by molar-refractivity contribution is 0.401. The second-order valence-electron chi connectivity index (χ2n) is 3.99. The molecule has 0 unspecified atom stereocenters. The molecule has 0 atom stereocenters. The summed E-state index contributed by atoms with van der Waals surface area (Å²) in [4.78, 5) is 11.9. The van der Waals surface area contributed by atoms with Crippen LogP contribution in [0.1, 0.15) is 11.3 Å². The van der Waals surface area contributed by atoms with E-state index < -0.39 is 0 Å². The van der Waals surface area contributed by atoms with Crippen LogP contribution in [0.5, 0.6) is 11.5 Å². The van der Waals surface area contributed by atoms with E-state index in [9.17, 15) is 9.90 Å². The lowest BCUT2D eigenvalue weighted by atomic mass is 10.0. The molecule has 0 amide bonds. The zero-order valence-corrected chi connectivity index (χ0v) is 10.3. The van der Waals surface area contributed by atoms with E-state index in [1.54, 1.807) is 19.1 Å². The zero-order chi connectivity index (χ0) is 13.3. The number of allylic oxidation sites excluding steroid dienone is 1. The van der Waals surface area contributed by atoms with Gasteiger partial charge in [0.05, 0.1) is 7.11 Å². The van der Waals surface area contributed by atoms with Crippen molar-refractivity contribution in [3.8, 4) is 11.5 Å². The first kappa shape index (κ1) is 12.2. The van der Waals surface area contributed by atoms with Gasteiger partial charge in [0, 0.05) is 17.7 Å². The third-order valence-electron chi connectivity index (χ3n) is 2.75. The van der Waals surface area contributed by atoms with Crippen LogP contribution in [0, 0.1) is 6.92 Å². The fourth-order valence-electron chi connectivity index (χ4n) is 1.96. The molecule has 1 heterocycles. The Hall–Kier alpha value is -2.23. The fourth-order valence-corrected chi connectivity index (χ4v) is 1.96. The highest BCUT2D eigenvalue weighted by molar-refractivity contribution is 5.87.